The third kappa shape index (κ3) is 4.38. The molecule has 1 aromatic carbocycles. The molecule has 7 nitrogen and oxygen atoms in total. The van der Waals surface area contributed by atoms with Gasteiger partial charge in [-0.3, -0.25) is 10.1 Å². The van der Waals surface area contributed by atoms with Crippen LogP contribution in [0.3, 0.4) is 0 Å². The zero-order chi connectivity index (χ0) is 18.1. The number of ether oxygens (including phenoxy) is 1. The summed E-state index contributed by atoms with van der Waals surface area (Å²) < 4.78 is 32.2. The lowest BCUT2D eigenvalue weighted by molar-refractivity contribution is -0.387. The van der Waals surface area contributed by atoms with Crippen molar-refractivity contribution >= 4 is 11.8 Å². The first-order chi connectivity index (χ1) is 11.1. The Bertz CT molecular complexity index is 655. The van der Waals surface area contributed by atoms with Crippen molar-refractivity contribution in [1.82, 2.24) is 10.2 Å². The number of carbonyl (C=O) groups excluding carboxylic acids is 1. The summed E-state index contributed by atoms with van der Waals surface area (Å²) in [6, 6.07) is 1.30. The van der Waals surface area contributed by atoms with Crippen LogP contribution in [-0.2, 0) is 11.3 Å². The van der Waals surface area contributed by atoms with Crippen LogP contribution in [0.25, 0.3) is 0 Å². The first kappa shape index (κ1) is 18.1. The van der Waals surface area contributed by atoms with Crippen molar-refractivity contribution in [3.63, 3.8) is 0 Å². The van der Waals surface area contributed by atoms with Crippen LogP contribution in [0.1, 0.15) is 26.3 Å². The highest BCUT2D eigenvalue weighted by Gasteiger charge is 2.33. The highest BCUT2D eigenvalue weighted by atomic mass is 19.1. The van der Waals surface area contributed by atoms with Crippen molar-refractivity contribution in [3.8, 4) is 0 Å². The summed E-state index contributed by atoms with van der Waals surface area (Å²) in [5.41, 5.74) is -1.35. The molecule has 0 saturated carbocycles. The Morgan fingerprint density at radius 1 is 1.38 bits per heavy atom. The molecule has 24 heavy (non-hydrogen) atoms. The number of rotatable bonds is 4. The minimum atomic E-state index is -1.21. The smallest absolute Gasteiger partial charge is 0.410 e. The van der Waals surface area contributed by atoms with E-state index in [0.29, 0.717) is 19.2 Å². The number of hydrogen-bond acceptors (Lipinski definition) is 5. The summed E-state index contributed by atoms with van der Waals surface area (Å²) in [7, 11) is 0. The Morgan fingerprint density at radius 3 is 2.54 bits per heavy atom. The molecule has 0 unspecified atom stereocenters. The van der Waals surface area contributed by atoms with E-state index in [1.807, 2.05) is 0 Å². The van der Waals surface area contributed by atoms with Crippen LogP contribution in [0.15, 0.2) is 12.1 Å². The first-order valence-electron chi connectivity index (χ1n) is 7.40. The Balaban J connectivity index is 1.87. The molecule has 1 N–H and O–H groups in total. The lowest BCUT2D eigenvalue weighted by Gasteiger charge is -2.40. The van der Waals surface area contributed by atoms with Gasteiger partial charge in [-0.1, -0.05) is 0 Å². The molecule has 132 valence electrons. The van der Waals surface area contributed by atoms with E-state index < -0.39 is 33.9 Å². The fourth-order valence-electron chi connectivity index (χ4n) is 2.19. The topological polar surface area (TPSA) is 84.7 Å². The molecule has 9 heteroatoms. The van der Waals surface area contributed by atoms with E-state index in [9.17, 15) is 23.7 Å². The number of likely N-dealkylation sites (tertiary alicyclic amines) is 1. The Labute approximate surface area is 137 Å². The zero-order valence-corrected chi connectivity index (χ0v) is 13.6. The Hall–Kier alpha value is -2.29. The lowest BCUT2D eigenvalue weighted by Crippen LogP contribution is -2.60. The molecule has 1 amide bonds. The number of nitro groups is 1. The summed E-state index contributed by atoms with van der Waals surface area (Å²) in [4.78, 5) is 23.1. The largest absolute Gasteiger partial charge is 0.444 e. The van der Waals surface area contributed by atoms with Crippen molar-refractivity contribution in [1.29, 1.82) is 0 Å². The Morgan fingerprint density at radius 2 is 2.00 bits per heavy atom. The molecule has 0 spiro atoms. The standard InChI is InChI=1S/C15H19F2N3O4/c1-15(2,3)24-14(21)19-7-10(8-19)18-6-9-4-13(20(22)23)12(17)5-11(9)16/h4-5,10,18H,6-8H2,1-3H3. The number of carbonyl (C=O) groups is 1. The summed E-state index contributed by atoms with van der Waals surface area (Å²) in [5, 5.41) is 13.7. The second-order valence-corrected chi connectivity index (χ2v) is 6.62. The van der Waals surface area contributed by atoms with E-state index in [-0.39, 0.29) is 18.2 Å². The number of halogens is 2. The van der Waals surface area contributed by atoms with Crippen molar-refractivity contribution in [2.45, 2.75) is 39.0 Å². The maximum atomic E-state index is 13.7. The van der Waals surface area contributed by atoms with E-state index in [0.717, 1.165) is 6.07 Å². The average molecular weight is 343 g/mol. The fourth-order valence-corrected chi connectivity index (χ4v) is 2.19. The second kappa shape index (κ2) is 6.68. The van der Waals surface area contributed by atoms with Gasteiger partial charge in [-0.05, 0) is 20.8 Å². The number of benzene rings is 1. The molecular weight excluding hydrogens is 324 g/mol. The number of nitrogens with zero attached hydrogens (tertiary/aromatic N) is 2. The first-order valence-corrected chi connectivity index (χ1v) is 7.40. The quantitative estimate of drug-likeness (QED) is 0.671. The summed E-state index contributed by atoms with van der Waals surface area (Å²) in [6.07, 6.45) is -0.427. The van der Waals surface area contributed by atoms with Gasteiger partial charge in [-0.2, -0.15) is 4.39 Å². The SMILES string of the molecule is CC(C)(C)OC(=O)N1CC(NCc2cc([N+](=O)[O-])c(F)cc2F)C1. The van der Waals surface area contributed by atoms with Crippen LogP contribution in [0.2, 0.25) is 0 Å². The molecule has 1 saturated heterocycles. The Kier molecular flexibility index (Phi) is 5.02. The highest BCUT2D eigenvalue weighted by Crippen LogP contribution is 2.22. The van der Waals surface area contributed by atoms with Gasteiger partial charge >= 0.3 is 11.8 Å². The predicted molar refractivity (Wildman–Crippen MR) is 81.4 cm³/mol. The van der Waals surface area contributed by atoms with E-state index in [4.69, 9.17) is 4.74 Å². The van der Waals surface area contributed by atoms with E-state index in [1.54, 1.807) is 20.8 Å². The van der Waals surface area contributed by atoms with Crippen molar-refractivity contribution in [3.05, 3.63) is 39.4 Å². The minimum absolute atomic E-state index is 0.000220. The normalized spacial score (nSPS) is 15.1. The molecule has 0 atom stereocenters. The average Bonchev–Trinajstić information content (AvgIpc) is 2.36. The van der Waals surface area contributed by atoms with E-state index >= 15 is 0 Å². The van der Waals surface area contributed by atoms with Gasteiger partial charge in [0.05, 0.1) is 4.92 Å². The van der Waals surface area contributed by atoms with E-state index in [1.165, 1.54) is 4.90 Å². The molecule has 1 aliphatic rings. The number of nitro benzene ring substituents is 1. The van der Waals surface area contributed by atoms with Crippen LogP contribution >= 0.6 is 0 Å². The maximum absolute atomic E-state index is 13.7. The molecule has 0 aromatic heterocycles. The number of nitrogens with one attached hydrogen (secondary N) is 1. The number of amides is 1. The van der Waals surface area contributed by atoms with E-state index in [2.05, 4.69) is 5.32 Å². The van der Waals surface area contributed by atoms with Gasteiger partial charge in [0.25, 0.3) is 0 Å². The van der Waals surface area contributed by atoms with Gasteiger partial charge in [0, 0.05) is 43.4 Å². The fraction of sp³-hybridized carbons (Fsp3) is 0.533. The third-order valence-corrected chi connectivity index (χ3v) is 3.43. The molecule has 1 aliphatic heterocycles. The number of hydrogen-bond donors (Lipinski definition) is 1. The molecule has 0 radical (unpaired) electrons. The second-order valence-electron chi connectivity index (χ2n) is 6.62. The van der Waals surface area contributed by atoms with Crippen molar-refractivity contribution in [2.75, 3.05) is 13.1 Å². The molecule has 1 aromatic rings. The zero-order valence-electron chi connectivity index (χ0n) is 13.6. The maximum Gasteiger partial charge on any atom is 0.410 e. The van der Waals surface area contributed by atoms with Crippen LogP contribution in [0.4, 0.5) is 19.3 Å². The monoisotopic (exact) mass is 343 g/mol. The molecule has 2 rings (SSSR count). The van der Waals surface area contributed by atoms with Gasteiger partial charge in [0.1, 0.15) is 11.4 Å². The van der Waals surface area contributed by atoms with Crippen LogP contribution < -0.4 is 5.32 Å². The molecule has 0 bridgehead atoms. The van der Waals surface area contributed by atoms with Crippen molar-refractivity contribution < 1.29 is 23.2 Å². The highest BCUT2D eigenvalue weighted by molar-refractivity contribution is 5.69. The van der Waals surface area contributed by atoms with Gasteiger partial charge in [0.2, 0.25) is 5.82 Å². The van der Waals surface area contributed by atoms with Gasteiger partial charge in [-0.15, -0.1) is 0 Å². The van der Waals surface area contributed by atoms with Gasteiger partial charge in [-0.25, -0.2) is 9.18 Å². The summed E-state index contributed by atoms with van der Waals surface area (Å²) in [5.74, 6) is -2.06. The molecule has 1 heterocycles. The predicted octanol–water partition coefficient (Wildman–Crippen LogP) is 2.58. The molecule has 0 aliphatic carbocycles. The van der Waals surface area contributed by atoms with Crippen LogP contribution in [-0.4, -0.2) is 40.6 Å². The molecular formula is C15H19F2N3O4. The van der Waals surface area contributed by atoms with Crippen molar-refractivity contribution in [2.24, 2.45) is 0 Å². The van der Waals surface area contributed by atoms with Crippen LogP contribution in [0.5, 0.6) is 0 Å². The summed E-state index contributed by atoms with van der Waals surface area (Å²) >= 11 is 0. The minimum Gasteiger partial charge on any atom is -0.444 e. The lowest BCUT2D eigenvalue weighted by atomic mass is 10.1. The summed E-state index contributed by atoms with van der Waals surface area (Å²) in [6.45, 7) is 6.08. The van der Waals surface area contributed by atoms with Gasteiger partial charge in [0.15, 0.2) is 0 Å². The van der Waals surface area contributed by atoms with Crippen LogP contribution in [0, 0.1) is 21.7 Å². The van der Waals surface area contributed by atoms with Gasteiger partial charge < -0.3 is 15.0 Å². The molecule has 1 fully saturated rings. The third-order valence-electron chi connectivity index (χ3n) is 3.43.